The van der Waals surface area contributed by atoms with Gasteiger partial charge in [0, 0.05) is 23.6 Å². The molecule has 0 spiro atoms. The molecular weight excluding hydrogens is 236 g/mol. The van der Waals surface area contributed by atoms with E-state index in [0.29, 0.717) is 0 Å². The van der Waals surface area contributed by atoms with Crippen LogP contribution in [0.4, 0.5) is 0 Å². The first-order valence-corrected chi connectivity index (χ1v) is 8.88. The van der Waals surface area contributed by atoms with Gasteiger partial charge in [-0.25, -0.2) is 4.98 Å². The lowest BCUT2D eigenvalue weighted by atomic mass is 10.4. The quantitative estimate of drug-likeness (QED) is 0.766. The minimum atomic E-state index is -1.48. The molecule has 0 saturated carbocycles. The topological polar surface area (TPSA) is 17.8 Å². The van der Waals surface area contributed by atoms with Crippen LogP contribution in [0.25, 0.3) is 0 Å². The molecule has 0 aliphatic heterocycles. The van der Waals surface area contributed by atoms with Gasteiger partial charge >= 0.3 is 0 Å². The predicted octanol–water partition coefficient (Wildman–Crippen LogP) is 2.69. The third kappa shape index (κ3) is 2.54. The molecule has 0 saturated heterocycles. The van der Waals surface area contributed by atoms with Gasteiger partial charge < -0.3 is 4.57 Å². The minimum absolute atomic E-state index is 0.823. The molecule has 0 atom stereocenters. The maximum absolute atomic E-state index is 6.04. The van der Waals surface area contributed by atoms with Crippen LogP contribution in [0.3, 0.4) is 0 Å². The monoisotopic (exact) mass is 250 g/mol. The Morgan fingerprint density at radius 1 is 1.38 bits per heavy atom. The van der Waals surface area contributed by atoms with E-state index in [2.05, 4.69) is 34.8 Å². The van der Waals surface area contributed by atoms with Gasteiger partial charge in [0.1, 0.15) is 8.07 Å². The van der Waals surface area contributed by atoms with Crippen molar-refractivity contribution in [3.8, 4) is 0 Å². The van der Waals surface area contributed by atoms with Gasteiger partial charge in [-0.15, -0.1) is 0 Å². The number of rotatable bonds is 3. The molecule has 0 radical (unpaired) electrons. The molecule has 84 valence electrons. The summed E-state index contributed by atoms with van der Waals surface area (Å²) in [6.45, 7) is 4.69. The fourth-order valence-electron chi connectivity index (χ4n) is 1.84. The average Bonchev–Trinajstić information content (AvgIpc) is 2.70. The summed E-state index contributed by atoms with van der Waals surface area (Å²) in [6, 6.07) is 8.22. The van der Waals surface area contributed by atoms with Gasteiger partial charge in [-0.2, -0.15) is 0 Å². The summed E-state index contributed by atoms with van der Waals surface area (Å²) in [5.74, 6) is 0. The molecule has 2 rings (SSSR count). The second-order valence-electron chi connectivity index (χ2n) is 4.63. The number of aromatic nitrogens is 2. The molecule has 2 aromatic rings. The van der Waals surface area contributed by atoms with Crippen LogP contribution >= 0.6 is 11.6 Å². The molecule has 4 heteroatoms. The molecule has 0 amide bonds. The second kappa shape index (κ2) is 4.43. The third-order valence-corrected chi connectivity index (χ3v) is 6.01. The lowest BCUT2D eigenvalue weighted by Gasteiger charge is -2.23. The highest BCUT2D eigenvalue weighted by atomic mass is 35.5. The van der Waals surface area contributed by atoms with E-state index in [4.69, 9.17) is 11.6 Å². The number of hydrogen-bond acceptors (Lipinski definition) is 1. The molecule has 2 nitrogen and oxygen atoms in total. The van der Waals surface area contributed by atoms with Crippen LogP contribution in [0, 0.1) is 0 Å². The Hall–Kier alpha value is -1.06. The maximum atomic E-state index is 6.04. The first kappa shape index (κ1) is 11.4. The Morgan fingerprint density at radius 2 is 2.19 bits per heavy atom. The fourth-order valence-corrected chi connectivity index (χ4v) is 4.50. The van der Waals surface area contributed by atoms with Crippen molar-refractivity contribution in [3.05, 3.63) is 48.0 Å². The Morgan fingerprint density at radius 3 is 2.81 bits per heavy atom. The normalized spacial score (nSPS) is 11.7. The predicted molar refractivity (Wildman–Crippen MR) is 70.8 cm³/mol. The van der Waals surface area contributed by atoms with Gasteiger partial charge in [0.2, 0.25) is 0 Å². The van der Waals surface area contributed by atoms with Crippen LogP contribution in [0.15, 0.2) is 43.0 Å². The van der Waals surface area contributed by atoms with E-state index in [-0.39, 0.29) is 0 Å². The summed E-state index contributed by atoms with van der Waals surface area (Å²) in [4.78, 5) is 4.08. The zero-order chi connectivity index (χ0) is 11.6. The summed E-state index contributed by atoms with van der Waals surface area (Å²) in [7, 11) is -1.48. The molecule has 0 N–H and O–H groups in total. The summed E-state index contributed by atoms with van der Waals surface area (Å²) in [6.07, 6.45) is 6.74. The van der Waals surface area contributed by atoms with Crippen molar-refractivity contribution in [2.75, 3.05) is 0 Å². The van der Waals surface area contributed by atoms with E-state index in [9.17, 15) is 0 Å². The molecule has 0 fully saturated rings. The second-order valence-corrected chi connectivity index (χ2v) is 9.73. The van der Waals surface area contributed by atoms with Gasteiger partial charge in [0.05, 0.1) is 6.33 Å². The van der Waals surface area contributed by atoms with E-state index >= 15 is 0 Å². The molecular formula is C12H15ClN2Si. The largest absolute Gasteiger partial charge is 0.340 e. The standard InChI is InChI=1S/C12H15ClN2Si/c1-16(2,10-15-7-6-14-9-15)12-5-3-4-11(13)8-12/h3-9H,10H2,1-2H3. The van der Waals surface area contributed by atoms with Crippen molar-refractivity contribution >= 4 is 24.9 Å². The summed E-state index contributed by atoms with van der Waals surface area (Å²) in [5.41, 5.74) is 0. The Kier molecular flexibility index (Phi) is 3.17. The highest BCUT2D eigenvalue weighted by Crippen LogP contribution is 2.11. The Labute approximate surface area is 102 Å². The first-order valence-electron chi connectivity index (χ1n) is 5.30. The number of imidazole rings is 1. The van der Waals surface area contributed by atoms with Crippen molar-refractivity contribution in [3.63, 3.8) is 0 Å². The Balaban J connectivity index is 2.24. The summed E-state index contributed by atoms with van der Waals surface area (Å²) in [5, 5.41) is 2.21. The zero-order valence-electron chi connectivity index (χ0n) is 9.52. The molecule has 0 unspecified atom stereocenters. The van der Waals surface area contributed by atoms with Crippen LogP contribution in [0.5, 0.6) is 0 Å². The molecule has 16 heavy (non-hydrogen) atoms. The van der Waals surface area contributed by atoms with Crippen LogP contribution < -0.4 is 5.19 Å². The van der Waals surface area contributed by atoms with Crippen molar-refractivity contribution in [1.82, 2.24) is 9.55 Å². The smallest absolute Gasteiger partial charge is 0.102 e. The number of nitrogens with zero attached hydrogens (tertiary/aromatic N) is 2. The molecule has 0 bridgehead atoms. The van der Waals surface area contributed by atoms with Gasteiger partial charge in [-0.1, -0.05) is 42.0 Å². The van der Waals surface area contributed by atoms with Crippen molar-refractivity contribution in [2.45, 2.75) is 19.3 Å². The third-order valence-electron chi connectivity index (χ3n) is 2.74. The van der Waals surface area contributed by atoms with Gasteiger partial charge in [0.25, 0.3) is 0 Å². The lowest BCUT2D eigenvalue weighted by molar-refractivity contribution is 0.855. The fraction of sp³-hybridized carbons (Fsp3) is 0.250. The van der Waals surface area contributed by atoms with Crippen molar-refractivity contribution in [1.29, 1.82) is 0 Å². The molecule has 1 aromatic carbocycles. The number of halogens is 1. The average molecular weight is 251 g/mol. The van der Waals surface area contributed by atoms with E-state index in [1.54, 1.807) is 0 Å². The van der Waals surface area contributed by atoms with Crippen molar-refractivity contribution < 1.29 is 0 Å². The van der Waals surface area contributed by atoms with E-state index < -0.39 is 8.07 Å². The van der Waals surface area contributed by atoms with E-state index in [0.717, 1.165) is 11.2 Å². The summed E-state index contributed by atoms with van der Waals surface area (Å²) < 4.78 is 2.15. The molecule has 0 aliphatic rings. The van der Waals surface area contributed by atoms with E-state index in [1.807, 2.05) is 30.9 Å². The molecule has 1 aromatic heterocycles. The molecule has 1 heterocycles. The highest BCUT2D eigenvalue weighted by Gasteiger charge is 2.23. The van der Waals surface area contributed by atoms with Crippen LogP contribution in [-0.4, -0.2) is 17.6 Å². The van der Waals surface area contributed by atoms with Gasteiger partial charge in [0.15, 0.2) is 0 Å². The van der Waals surface area contributed by atoms with Crippen LogP contribution in [0.2, 0.25) is 18.1 Å². The highest BCUT2D eigenvalue weighted by molar-refractivity contribution is 6.88. The molecule has 0 aliphatic carbocycles. The zero-order valence-corrected chi connectivity index (χ0v) is 11.3. The number of benzene rings is 1. The van der Waals surface area contributed by atoms with E-state index in [1.165, 1.54) is 5.19 Å². The minimum Gasteiger partial charge on any atom is -0.340 e. The van der Waals surface area contributed by atoms with Crippen molar-refractivity contribution in [2.24, 2.45) is 0 Å². The lowest BCUT2D eigenvalue weighted by Crippen LogP contribution is -2.45. The Bertz CT molecular complexity index is 466. The van der Waals surface area contributed by atoms with Crippen LogP contribution in [0.1, 0.15) is 0 Å². The first-order chi connectivity index (χ1) is 7.58. The van der Waals surface area contributed by atoms with Gasteiger partial charge in [-0.3, -0.25) is 0 Å². The SMILES string of the molecule is C[Si](C)(Cn1ccnc1)c1cccc(Cl)c1. The van der Waals surface area contributed by atoms with Gasteiger partial charge in [-0.05, 0) is 12.1 Å². The summed E-state index contributed by atoms with van der Waals surface area (Å²) >= 11 is 6.04. The maximum Gasteiger partial charge on any atom is 0.102 e. The number of hydrogen-bond donors (Lipinski definition) is 0. The van der Waals surface area contributed by atoms with Crippen LogP contribution in [-0.2, 0) is 6.17 Å².